The minimum atomic E-state index is -0.285. The van der Waals surface area contributed by atoms with Crippen molar-refractivity contribution in [3.05, 3.63) is 50.6 Å². The molecule has 1 fully saturated rings. The molecule has 0 bridgehead atoms. The first-order valence-electron chi connectivity index (χ1n) is 8.34. The largest absolute Gasteiger partial charge is 0.507 e. The number of rotatable bonds is 4. The standard InChI is InChI=1S/C18H18BrN3O4S/c19-15-6-5-14(27-15)17(25)20-11-16(24)21-7-9-22(10-8-21)18(26)12-3-1-2-4-13(12)23/h1-6,23H,7-11H2,(H,20,25). The van der Waals surface area contributed by atoms with Gasteiger partial charge in [-0.15, -0.1) is 11.3 Å². The zero-order valence-electron chi connectivity index (χ0n) is 14.4. The normalized spacial score (nSPS) is 14.1. The van der Waals surface area contributed by atoms with Gasteiger partial charge in [0, 0.05) is 26.2 Å². The van der Waals surface area contributed by atoms with Crippen molar-refractivity contribution in [1.29, 1.82) is 0 Å². The number of nitrogens with one attached hydrogen (secondary N) is 1. The first-order chi connectivity index (χ1) is 13.0. The molecule has 1 aromatic carbocycles. The second kappa shape index (κ2) is 8.53. The molecule has 0 atom stereocenters. The third kappa shape index (κ3) is 4.67. The highest BCUT2D eigenvalue weighted by atomic mass is 79.9. The molecule has 1 aliphatic rings. The molecule has 1 aromatic heterocycles. The number of phenolic OH excluding ortho intramolecular Hbond substituents is 1. The summed E-state index contributed by atoms with van der Waals surface area (Å²) in [5.74, 6) is -0.776. The quantitative estimate of drug-likeness (QED) is 0.742. The molecule has 0 unspecified atom stereocenters. The molecule has 0 saturated carbocycles. The highest BCUT2D eigenvalue weighted by Crippen LogP contribution is 2.22. The fraction of sp³-hybridized carbons (Fsp3) is 0.278. The van der Waals surface area contributed by atoms with Crippen molar-refractivity contribution in [2.45, 2.75) is 0 Å². The number of benzene rings is 1. The minimum Gasteiger partial charge on any atom is -0.507 e. The van der Waals surface area contributed by atoms with E-state index in [9.17, 15) is 19.5 Å². The lowest BCUT2D eigenvalue weighted by molar-refractivity contribution is -0.131. The van der Waals surface area contributed by atoms with Gasteiger partial charge in [0.05, 0.1) is 20.8 Å². The molecule has 0 aliphatic carbocycles. The maximum atomic E-state index is 12.5. The number of piperazine rings is 1. The second-order valence-corrected chi connectivity index (χ2v) is 8.44. The monoisotopic (exact) mass is 451 g/mol. The van der Waals surface area contributed by atoms with Crippen molar-refractivity contribution < 1.29 is 19.5 Å². The molecule has 2 N–H and O–H groups in total. The summed E-state index contributed by atoms with van der Waals surface area (Å²) in [5, 5.41) is 12.4. The Morgan fingerprint density at radius 2 is 1.70 bits per heavy atom. The maximum Gasteiger partial charge on any atom is 0.261 e. The number of para-hydroxylation sites is 1. The Morgan fingerprint density at radius 1 is 1.04 bits per heavy atom. The molecule has 0 radical (unpaired) electrons. The van der Waals surface area contributed by atoms with Gasteiger partial charge >= 0.3 is 0 Å². The molecule has 2 heterocycles. The molecule has 3 amide bonds. The molecule has 1 aliphatic heterocycles. The van der Waals surface area contributed by atoms with Crippen LogP contribution >= 0.6 is 27.3 Å². The van der Waals surface area contributed by atoms with Crippen LogP contribution in [0, 0.1) is 0 Å². The third-order valence-corrected chi connectivity index (χ3v) is 5.87. The van der Waals surface area contributed by atoms with Crippen LogP contribution in [0.25, 0.3) is 0 Å². The summed E-state index contributed by atoms with van der Waals surface area (Å²) < 4.78 is 0.851. The van der Waals surface area contributed by atoms with E-state index in [1.54, 1.807) is 40.1 Å². The van der Waals surface area contributed by atoms with Crippen molar-refractivity contribution in [1.82, 2.24) is 15.1 Å². The number of halogens is 1. The van der Waals surface area contributed by atoms with Crippen LogP contribution in [0.2, 0.25) is 0 Å². The average Bonchev–Trinajstić information content (AvgIpc) is 3.12. The van der Waals surface area contributed by atoms with E-state index in [1.807, 2.05) is 0 Å². The molecule has 1 saturated heterocycles. The number of thiophene rings is 1. The van der Waals surface area contributed by atoms with Crippen molar-refractivity contribution in [3.8, 4) is 5.75 Å². The number of carbonyl (C=O) groups is 3. The average molecular weight is 452 g/mol. The number of hydrogen-bond acceptors (Lipinski definition) is 5. The predicted octanol–water partition coefficient (Wildman–Crippen LogP) is 1.93. The van der Waals surface area contributed by atoms with Gasteiger partial charge in [-0.1, -0.05) is 12.1 Å². The van der Waals surface area contributed by atoms with Crippen LogP contribution in [0.5, 0.6) is 5.75 Å². The number of carbonyl (C=O) groups excluding carboxylic acids is 3. The van der Waals surface area contributed by atoms with Crippen molar-refractivity contribution >= 4 is 45.0 Å². The summed E-state index contributed by atoms with van der Waals surface area (Å²) in [6.45, 7) is 1.45. The number of hydrogen-bond donors (Lipinski definition) is 2. The third-order valence-electron chi connectivity index (χ3n) is 4.25. The molecule has 9 heteroatoms. The summed E-state index contributed by atoms with van der Waals surface area (Å²) in [7, 11) is 0. The number of nitrogens with zero attached hydrogens (tertiary/aromatic N) is 2. The van der Waals surface area contributed by atoms with E-state index in [1.165, 1.54) is 17.4 Å². The summed E-state index contributed by atoms with van der Waals surface area (Å²) in [5.41, 5.74) is 0.256. The first-order valence-corrected chi connectivity index (χ1v) is 9.95. The Hall–Kier alpha value is -2.39. The van der Waals surface area contributed by atoms with Gasteiger partial charge in [0.25, 0.3) is 11.8 Å². The Bertz CT molecular complexity index is 862. The van der Waals surface area contributed by atoms with E-state index in [2.05, 4.69) is 21.2 Å². The molecular formula is C18H18BrN3O4S. The van der Waals surface area contributed by atoms with Gasteiger partial charge in [0.2, 0.25) is 5.91 Å². The van der Waals surface area contributed by atoms with Crippen LogP contribution in [0.15, 0.2) is 40.2 Å². The highest BCUT2D eigenvalue weighted by Gasteiger charge is 2.26. The SMILES string of the molecule is O=C(NCC(=O)N1CCN(C(=O)c2ccccc2O)CC1)c1ccc(Br)s1. The van der Waals surface area contributed by atoms with Gasteiger partial charge < -0.3 is 20.2 Å². The van der Waals surface area contributed by atoms with Gasteiger partial charge in [0.1, 0.15) is 5.75 Å². The lowest BCUT2D eigenvalue weighted by atomic mass is 10.1. The Balaban J connectivity index is 1.48. The second-order valence-electron chi connectivity index (χ2n) is 5.98. The van der Waals surface area contributed by atoms with Gasteiger partial charge in [-0.05, 0) is 40.2 Å². The van der Waals surface area contributed by atoms with Gasteiger partial charge in [-0.2, -0.15) is 0 Å². The number of phenols is 1. The number of aromatic hydroxyl groups is 1. The maximum absolute atomic E-state index is 12.5. The van der Waals surface area contributed by atoms with Crippen LogP contribution in [-0.4, -0.2) is 65.4 Å². The van der Waals surface area contributed by atoms with Gasteiger partial charge in [-0.3, -0.25) is 14.4 Å². The zero-order valence-corrected chi connectivity index (χ0v) is 16.8. The lowest BCUT2D eigenvalue weighted by Crippen LogP contribution is -2.52. The van der Waals surface area contributed by atoms with Gasteiger partial charge in [0.15, 0.2) is 0 Å². The van der Waals surface area contributed by atoms with E-state index in [4.69, 9.17) is 0 Å². The molecule has 0 spiro atoms. The predicted molar refractivity (Wildman–Crippen MR) is 105 cm³/mol. The molecule has 27 heavy (non-hydrogen) atoms. The Morgan fingerprint density at radius 3 is 2.33 bits per heavy atom. The molecule has 2 aromatic rings. The van der Waals surface area contributed by atoms with E-state index in [0.29, 0.717) is 31.1 Å². The fourth-order valence-electron chi connectivity index (χ4n) is 2.77. The smallest absolute Gasteiger partial charge is 0.261 e. The highest BCUT2D eigenvalue weighted by molar-refractivity contribution is 9.11. The zero-order chi connectivity index (χ0) is 19.4. The van der Waals surface area contributed by atoms with E-state index in [-0.39, 0.29) is 35.6 Å². The van der Waals surface area contributed by atoms with Crippen LogP contribution < -0.4 is 5.32 Å². The summed E-state index contributed by atoms with van der Waals surface area (Å²) in [4.78, 5) is 40.6. The van der Waals surface area contributed by atoms with Crippen molar-refractivity contribution in [2.24, 2.45) is 0 Å². The summed E-state index contributed by atoms with van der Waals surface area (Å²) >= 11 is 4.60. The molecular weight excluding hydrogens is 434 g/mol. The molecule has 3 rings (SSSR count). The number of amides is 3. The molecule has 142 valence electrons. The fourth-order valence-corrected chi connectivity index (χ4v) is 4.08. The first kappa shape index (κ1) is 19.4. The van der Waals surface area contributed by atoms with Crippen LogP contribution in [-0.2, 0) is 4.79 Å². The van der Waals surface area contributed by atoms with Crippen molar-refractivity contribution in [3.63, 3.8) is 0 Å². The Kier molecular flexibility index (Phi) is 6.12. The summed E-state index contributed by atoms with van der Waals surface area (Å²) in [6, 6.07) is 9.88. The topological polar surface area (TPSA) is 90.0 Å². The lowest BCUT2D eigenvalue weighted by Gasteiger charge is -2.35. The van der Waals surface area contributed by atoms with Gasteiger partial charge in [-0.25, -0.2) is 0 Å². The van der Waals surface area contributed by atoms with E-state index in [0.717, 1.165) is 3.79 Å². The molecule has 7 nitrogen and oxygen atoms in total. The van der Waals surface area contributed by atoms with Crippen LogP contribution in [0.3, 0.4) is 0 Å². The van der Waals surface area contributed by atoms with E-state index < -0.39 is 0 Å². The van der Waals surface area contributed by atoms with Crippen LogP contribution in [0.4, 0.5) is 0 Å². The minimum absolute atomic E-state index is 0.0519. The summed E-state index contributed by atoms with van der Waals surface area (Å²) in [6.07, 6.45) is 0. The Labute approximate surface area is 168 Å². The van der Waals surface area contributed by atoms with Crippen molar-refractivity contribution in [2.75, 3.05) is 32.7 Å². The van der Waals surface area contributed by atoms with Crippen LogP contribution in [0.1, 0.15) is 20.0 Å². The van der Waals surface area contributed by atoms with E-state index >= 15 is 0 Å².